The Bertz CT molecular complexity index is 491. The first-order valence-corrected chi connectivity index (χ1v) is 6.97. The minimum atomic E-state index is -2.60. The lowest BCUT2D eigenvalue weighted by Crippen LogP contribution is -2.31. The van der Waals surface area contributed by atoms with Gasteiger partial charge in [0.1, 0.15) is 0 Å². The predicted molar refractivity (Wildman–Crippen MR) is 75.8 cm³/mol. The molecule has 0 aliphatic rings. The Balaban J connectivity index is 2.74. The maximum absolute atomic E-state index is 12.5. The van der Waals surface area contributed by atoms with Gasteiger partial charge in [-0.15, -0.1) is 0 Å². The molecule has 0 aromatic heterocycles. The summed E-state index contributed by atoms with van der Waals surface area (Å²) in [5, 5.41) is 11.3. The number of hydrogen-bond donors (Lipinski definition) is 2. The zero-order valence-corrected chi connectivity index (χ0v) is 12.2. The number of alkyl halides is 2. The Morgan fingerprint density at radius 2 is 1.82 bits per heavy atom. The topological polar surface area (TPSA) is 75.6 Å². The van der Waals surface area contributed by atoms with Gasteiger partial charge in [0.15, 0.2) is 0 Å². The zero-order valence-electron chi connectivity index (χ0n) is 12.2. The number of carboxylic acid groups (broad SMARTS) is 1. The van der Waals surface area contributed by atoms with E-state index in [0.717, 1.165) is 6.42 Å². The van der Waals surface area contributed by atoms with Gasteiger partial charge in [-0.1, -0.05) is 37.6 Å². The van der Waals surface area contributed by atoms with E-state index in [2.05, 4.69) is 5.32 Å². The molecular weight excluding hydrogens is 296 g/mol. The highest BCUT2D eigenvalue weighted by Crippen LogP contribution is 2.23. The third-order valence-electron chi connectivity index (χ3n) is 2.99. The van der Waals surface area contributed by atoms with Crippen LogP contribution in [-0.4, -0.2) is 23.8 Å². The van der Waals surface area contributed by atoms with Gasteiger partial charge in [0.25, 0.3) is 6.43 Å². The number of unbranched alkanes of at least 4 members (excludes halogenated alkanes) is 1. The Morgan fingerprint density at radius 3 is 2.32 bits per heavy atom. The second-order valence-corrected chi connectivity index (χ2v) is 4.75. The fourth-order valence-electron chi connectivity index (χ4n) is 1.79. The van der Waals surface area contributed by atoms with E-state index in [9.17, 15) is 18.4 Å². The van der Waals surface area contributed by atoms with Crippen molar-refractivity contribution in [1.82, 2.24) is 5.32 Å². The van der Waals surface area contributed by atoms with E-state index >= 15 is 0 Å². The molecule has 0 heterocycles. The third kappa shape index (κ3) is 6.07. The number of carbonyl (C=O) groups is 2. The van der Waals surface area contributed by atoms with Gasteiger partial charge in [0.05, 0.1) is 19.1 Å². The van der Waals surface area contributed by atoms with E-state index < -0.39 is 24.5 Å². The molecule has 1 amide bonds. The highest BCUT2D eigenvalue weighted by Gasteiger charge is 2.19. The SMILES string of the molecule is CCCCOC(=O)NC(CC(=O)O)c1ccc(C(F)F)cc1. The van der Waals surface area contributed by atoms with Crippen LogP contribution in [0, 0.1) is 0 Å². The minimum absolute atomic E-state index is 0.164. The second kappa shape index (κ2) is 8.96. The van der Waals surface area contributed by atoms with E-state index in [1.807, 2.05) is 6.92 Å². The van der Waals surface area contributed by atoms with Crippen molar-refractivity contribution >= 4 is 12.1 Å². The summed E-state index contributed by atoms with van der Waals surface area (Å²) in [5.41, 5.74) is 0.266. The summed E-state index contributed by atoms with van der Waals surface area (Å²) in [6.07, 6.45) is -2.12. The zero-order chi connectivity index (χ0) is 16.5. The van der Waals surface area contributed by atoms with Crippen molar-refractivity contribution in [2.75, 3.05) is 6.61 Å². The molecule has 1 aromatic rings. The number of carboxylic acids is 1. The molecule has 1 unspecified atom stereocenters. The molecule has 1 aromatic carbocycles. The Labute approximate surface area is 127 Å². The number of nitrogens with one attached hydrogen (secondary N) is 1. The molecule has 122 valence electrons. The average Bonchev–Trinajstić information content (AvgIpc) is 2.46. The molecule has 1 atom stereocenters. The average molecular weight is 315 g/mol. The van der Waals surface area contributed by atoms with E-state index in [1.54, 1.807) is 0 Å². The molecule has 0 saturated carbocycles. The molecule has 0 saturated heterocycles. The van der Waals surface area contributed by atoms with Crippen molar-refractivity contribution in [3.63, 3.8) is 0 Å². The van der Waals surface area contributed by atoms with E-state index in [1.165, 1.54) is 24.3 Å². The number of carbonyl (C=O) groups excluding carboxylic acids is 1. The molecule has 7 heteroatoms. The van der Waals surface area contributed by atoms with Gasteiger partial charge in [-0.25, -0.2) is 13.6 Å². The molecule has 0 radical (unpaired) electrons. The van der Waals surface area contributed by atoms with Crippen LogP contribution in [0.4, 0.5) is 13.6 Å². The molecule has 5 nitrogen and oxygen atoms in total. The van der Waals surface area contributed by atoms with Crippen LogP contribution in [0.1, 0.15) is 49.8 Å². The molecule has 0 aliphatic heterocycles. The fraction of sp³-hybridized carbons (Fsp3) is 0.467. The van der Waals surface area contributed by atoms with Crippen molar-refractivity contribution < 1.29 is 28.2 Å². The monoisotopic (exact) mass is 315 g/mol. The fourth-order valence-corrected chi connectivity index (χ4v) is 1.79. The first kappa shape index (κ1) is 17.9. The van der Waals surface area contributed by atoms with E-state index in [4.69, 9.17) is 9.84 Å². The Kier molecular flexibility index (Phi) is 7.28. The smallest absolute Gasteiger partial charge is 0.407 e. The molecule has 2 N–H and O–H groups in total. The van der Waals surface area contributed by atoms with Crippen molar-refractivity contribution in [3.8, 4) is 0 Å². The van der Waals surface area contributed by atoms with E-state index in [0.29, 0.717) is 12.0 Å². The van der Waals surface area contributed by atoms with Gasteiger partial charge in [-0.2, -0.15) is 0 Å². The first-order chi connectivity index (χ1) is 10.4. The summed E-state index contributed by atoms with van der Waals surface area (Å²) in [6.45, 7) is 2.19. The number of benzene rings is 1. The van der Waals surface area contributed by atoms with Crippen LogP contribution >= 0.6 is 0 Å². The normalized spacial score (nSPS) is 12.0. The predicted octanol–water partition coefficient (Wildman–Crippen LogP) is 3.67. The van der Waals surface area contributed by atoms with Gasteiger partial charge in [-0.3, -0.25) is 4.79 Å². The van der Waals surface area contributed by atoms with Crippen LogP contribution in [-0.2, 0) is 9.53 Å². The second-order valence-electron chi connectivity index (χ2n) is 4.75. The largest absolute Gasteiger partial charge is 0.481 e. The number of alkyl carbamates (subject to hydrolysis) is 1. The van der Waals surface area contributed by atoms with Crippen LogP contribution in [0.25, 0.3) is 0 Å². The quantitative estimate of drug-likeness (QED) is 0.718. The van der Waals surface area contributed by atoms with Gasteiger partial charge >= 0.3 is 12.1 Å². The van der Waals surface area contributed by atoms with Gasteiger partial charge in [0, 0.05) is 5.56 Å². The summed E-state index contributed by atoms with van der Waals surface area (Å²) in [5.74, 6) is -1.11. The molecule has 0 bridgehead atoms. The number of rotatable bonds is 8. The third-order valence-corrected chi connectivity index (χ3v) is 2.99. The lowest BCUT2D eigenvalue weighted by atomic mass is 10.0. The summed E-state index contributed by atoms with van der Waals surface area (Å²) in [4.78, 5) is 22.5. The summed E-state index contributed by atoms with van der Waals surface area (Å²) >= 11 is 0. The molecular formula is C15H19F2NO4. The lowest BCUT2D eigenvalue weighted by Gasteiger charge is -2.17. The van der Waals surface area contributed by atoms with Crippen LogP contribution in [0.3, 0.4) is 0 Å². The maximum atomic E-state index is 12.5. The Morgan fingerprint density at radius 1 is 1.23 bits per heavy atom. The lowest BCUT2D eigenvalue weighted by molar-refractivity contribution is -0.137. The number of halogens is 2. The van der Waals surface area contributed by atoms with Gasteiger partial charge in [0.2, 0.25) is 0 Å². The summed E-state index contributed by atoms with van der Waals surface area (Å²) in [6, 6.07) is 4.33. The van der Waals surface area contributed by atoms with Crippen molar-refractivity contribution in [3.05, 3.63) is 35.4 Å². The number of aliphatic carboxylic acids is 1. The first-order valence-electron chi connectivity index (χ1n) is 6.97. The maximum Gasteiger partial charge on any atom is 0.407 e. The Hall–Kier alpha value is -2.18. The molecule has 22 heavy (non-hydrogen) atoms. The minimum Gasteiger partial charge on any atom is -0.481 e. The molecule has 0 aliphatic carbocycles. The van der Waals surface area contributed by atoms with Crippen molar-refractivity contribution in [2.24, 2.45) is 0 Å². The molecule has 0 spiro atoms. The van der Waals surface area contributed by atoms with Crippen LogP contribution in [0.15, 0.2) is 24.3 Å². The number of hydrogen-bond acceptors (Lipinski definition) is 3. The van der Waals surface area contributed by atoms with Crippen LogP contribution < -0.4 is 5.32 Å². The van der Waals surface area contributed by atoms with Crippen LogP contribution in [0.5, 0.6) is 0 Å². The highest BCUT2D eigenvalue weighted by atomic mass is 19.3. The standard InChI is InChI=1S/C15H19F2NO4/c1-2-3-8-22-15(21)18-12(9-13(19)20)10-4-6-11(7-5-10)14(16)17/h4-7,12,14H,2-3,8-9H2,1H3,(H,18,21)(H,19,20). The van der Waals surface area contributed by atoms with Crippen LogP contribution in [0.2, 0.25) is 0 Å². The number of amides is 1. The summed E-state index contributed by atoms with van der Waals surface area (Å²) < 4.78 is 29.9. The summed E-state index contributed by atoms with van der Waals surface area (Å²) in [7, 11) is 0. The van der Waals surface area contributed by atoms with E-state index in [-0.39, 0.29) is 18.6 Å². The van der Waals surface area contributed by atoms with Crippen molar-refractivity contribution in [2.45, 2.75) is 38.7 Å². The highest BCUT2D eigenvalue weighted by molar-refractivity contribution is 5.71. The van der Waals surface area contributed by atoms with Gasteiger partial charge < -0.3 is 15.2 Å². The van der Waals surface area contributed by atoms with Gasteiger partial charge in [-0.05, 0) is 12.0 Å². The molecule has 0 fully saturated rings. The number of ether oxygens (including phenoxy) is 1. The molecule has 1 rings (SSSR count). The van der Waals surface area contributed by atoms with Crippen molar-refractivity contribution in [1.29, 1.82) is 0 Å².